The summed E-state index contributed by atoms with van der Waals surface area (Å²) in [6.07, 6.45) is 0.342. The molecule has 0 aromatic heterocycles. The van der Waals surface area contributed by atoms with Crippen molar-refractivity contribution in [2.75, 3.05) is 31.6 Å². The van der Waals surface area contributed by atoms with Crippen LogP contribution in [0.5, 0.6) is 5.75 Å². The van der Waals surface area contributed by atoms with Gasteiger partial charge in [0.2, 0.25) is 0 Å². The van der Waals surface area contributed by atoms with E-state index in [1.807, 2.05) is 55.5 Å². The minimum atomic E-state index is -0.970. The smallest absolute Gasteiger partial charge is 0.333 e. The fourth-order valence-electron chi connectivity index (χ4n) is 3.26. The highest BCUT2D eigenvalue weighted by atomic mass is 16.5. The van der Waals surface area contributed by atoms with Crippen molar-refractivity contribution in [3.8, 4) is 5.75 Å². The number of hydrogen-bond acceptors (Lipinski definition) is 4. The molecule has 0 saturated heterocycles. The number of nitrogens with zero attached hydrogens (tertiary/aromatic N) is 1. The molecule has 0 heterocycles. The molecule has 7 heteroatoms. The number of nitrogens with one attached hydrogen (secondary N) is 1. The van der Waals surface area contributed by atoms with Gasteiger partial charge in [-0.05, 0) is 55.5 Å². The van der Waals surface area contributed by atoms with Gasteiger partial charge >= 0.3 is 12.0 Å². The Labute approximate surface area is 196 Å². The Kier molecular flexibility index (Phi) is 10.7. The molecule has 7 nitrogen and oxygen atoms in total. The maximum absolute atomic E-state index is 12.9. The van der Waals surface area contributed by atoms with Crippen molar-refractivity contribution < 1.29 is 24.2 Å². The number of carboxylic acid groups (broad SMARTS) is 1. The number of urea groups is 1. The van der Waals surface area contributed by atoms with Crippen molar-refractivity contribution in [2.24, 2.45) is 5.92 Å². The lowest BCUT2D eigenvalue weighted by Gasteiger charge is -2.24. The first kappa shape index (κ1) is 26.2. The minimum Gasteiger partial charge on any atom is -0.492 e. The fraction of sp³-hybridized carbons (Fsp3) is 0.462. The fourth-order valence-corrected chi connectivity index (χ4v) is 3.26. The molecule has 0 aliphatic rings. The van der Waals surface area contributed by atoms with Gasteiger partial charge in [-0.25, -0.2) is 9.59 Å². The molecule has 0 bridgehead atoms. The number of rotatable bonds is 13. The van der Waals surface area contributed by atoms with Gasteiger partial charge in [0.25, 0.3) is 0 Å². The minimum absolute atomic E-state index is 0.139. The molecule has 180 valence electrons. The number of aliphatic carboxylic acids is 1. The van der Waals surface area contributed by atoms with Crippen molar-refractivity contribution in [1.29, 1.82) is 0 Å². The van der Waals surface area contributed by atoms with E-state index in [-0.39, 0.29) is 6.03 Å². The van der Waals surface area contributed by atoms with Crippen LogP contribution in [-0.2, 0) is 16.0 Å². The molecule has 33 heavy (non-hydrogen) atoms. The van der Waals surface area contributed by atoms with E-state index in [2.05, 4.69) is 19.2 Å². The van der Waals surface area contributed by atoms with E-state index in [0.29, 0.717) is 44.4 Å². The predicted molar refractivity (Wildman–Crippen MR) is 130 cm³/mol. The number of para-hydroxylation sites is 1. The Morgan fingerprint density at radius 1 is 1.06 bits per heavy atom. The first-order valence-corrected chi connectivity index (χ1v) is 11.5. The number of anilines is 1. The zero-order valence-electron chi connectivity index (χ0n) is 20.0. The van der Waals surface area contributed by atoms with Crippen LogP contribution in [0.4, 0.5) is 10.5 Å². The lowest BCUT2D eigenvalue weighted by atomic mass is 10.1. The molecule has 2 amide bonds. The summed E-state index contributed by atoms with van der Waals surface area (Å²) in [6.45, 7) is 9.82. The van der Waals surface area contributed by atoms with Crippen LogP contribution < -0.4 is 10.1 Å². The van der Waals surface area contributed by atoms with Crippen LogP contribution in [0.1, 0.15) is 38.3 Å². The topological polar surface area (TPSA) is 88.1 Å². The number of aryl methyl sites for hydroxylation is 1. The van der Waals surface area contributed by atoms with E-state index in [1.165, 1.54) is 0 Å². The van der Waals surface area contributed by atoms with E-state index < -0.39 is 12.1 Å². The third-order valence-electron chi connectivity index (χ3n) is 5.27. The summed E-state index contributed by atoms with van der Waals surface area (Å²) in [5.74, 6) is 0.186. The van der Waals surface area contributed by atoms with E-state index in [0.717, 1.165) is 23.2 Å². The highest BCUT2D eigenvalue weighted by Gasteiger charge is 2.18. The van der Waals surface area contributed by atoms with Crippen LogP contribution in [0.3, 0.4) is 0 Å². The molecule has 0 saturated carbocycles. The monoisotopic (exact) mass is 456 g/mol. The molecule has 2 rings (SSSR count). The lowest BCUT2D eigenvalue weighted by molar-refractivity contribution is -0.149. The number of carbonyl (C=O) groups is 2. The third kappa shape index (κ3) is 9.14. The van der Waals surface area contributed by atoms with E-state index >= 15 is 0 Å². The summed E-state index contributed by atoms with van der Waals surface area (Å²) in [5.41, 5.74) is 2.68. The first-order valence-electron chi connectivity index (χ1n) is 11.5. The zero-order chi connectivity index (χ0) is 24.2. The van der Waals surface area contributed by atoms with Crippen LogP contribution in [0, 0.1) is 12.8 Å². The van der Waals surface area contributed by atoms with Crippen LogP contribution in [0.25, 0.3) is 0 Å². The zero-order valence-corrected chi connectivity index (χ0v) is 20.0. The van der Waals surface area contributed by atoms with Gasteiger partial charge in [0.1, 0.15) is 12.4 Å². The van der Waals surface area contributed by atoms with Crippen molar-refractivity contribution in [3.63, 3.8) is 0 Å². The molecular formula is C26H36N2O5. The van der Waals surface area contributed by atoms with Gasteiger partial charge in [-0.2, -0.15) is 0 Å². The Hall–Kier alpha value is -3.06. The van der Waals surface area contributed by atoms with Gasteiger partial charge < -0.3 is 24.8 Å². The molecule has 0 aliphatic heterocycles. The second-order valence-corrected chi connectivity index (χ2v) is 8.39. The summed E-state index contributed by atoms with van der Waals surface area (Å²) in [7, 11) is 0. The van der Waals surface area contributed by atoms with Crippen molar-refractivity contribution >= 4 is 17.7 Å². The Morgan fingerprint density at radius 3 is 2.36 bits per heavy atom. The Bertz CT molecular complexity index is 883. The van der Waals surface area contributed by atoms with Crippen LogP contribution in [-0.4, -0.2) is 54.4 Å². The van der Waals surface area contributed by atoms with Crippen molar-refractivity contribution in [1.82, 2.24) is 4.90 Å². The molecule has 1 unspecified atom stereocenters. The number of ether oxygens (including phenoxy) is 2. The average molecular weight is 457 g/mol. The molecule has 0 aliphatic carbocycles. The van der Waals surface area contributed by atoms with E-state index in [1.54, 1.807) is 11.8 Å². The highest BCUT2D eigenvalue weighted by Crippen LogP contribution is 2.16. The standard InChI is InChI=1S/C26H36N2O5/c1-5-32-24(25(29)30)18-21-10-12-22(13-11-21)33-17-16-28(15-14-19(2)3)26(31)27-23-9-7-6-8-20(23)4/h6-13,19,24H,5,14-18H2,1-4H3,(H,27,31)(H,29,30). The highest BCUT2D eigenvalue weighted by molar-refractivity contribution is 5.90. The predicted octanol–water partition coefficient (Wildman–Crippen LogP) is 4.99. The molecular weight excluding hydrogens is 420 g/mol. The maximum Gasteiger partial charge on any atom is 0.333 e. The van der Waals surface area contributed by atoms with Gasteiger partial charge in [0.15, 0.2) is 6.10 Å². The van der Waals surface area contributed by atoms with Gasteiger partial charge in [0.05, 0.1) is 6.54 Å². The Morgan fingerprint density at radius 2 is 1.76 bits per heavy atom. The molecule has 1 atom stereocenters. The van der Waals surface area contributed by atoms with Crippen LogP contribution >= 0.6 is 0 Å². The van der Waals surface area contributed by atoms with Gasteiger partial charge in [-0.1, -0.05) is 44.2 Å². The van der Waals surface area contributed by atoms with E-state index in [4.69, 9.17) is 9.47 Å². The summed E-state index contributed by atoms with van der Waals surface area (Å²) in [5, 5.41) is 12.2. The lowest BCUT2D eigenvalue weighted by Crippen LogP contribution is -2.39. The largest absolute Gasteiger partial charge is 0.492 e. The molecule has 0 spiro atoms. The first-order chi connectivity index (χ1) is 15.8. The molecule has 2 aromatic carbocycles. The van der Waals surface area contributed by atoms with Gasteiger partial charge in [-0.3, -0.25) is 0 Å². The summed E-state index contributed by atoms with van der Waals surface area (Å²) >= 11 is 0. The molecule has 0 fully saturated rings. The van der Waals surface area contributed by atoms with Crippen LogP contribution in [0.15, 0.2) is 48.5 Å². The molecule has 2 aromatic rings. The SMILES string of the molecule is CCOC(Cc1ccc(OCCN(CCC(C)C)C(=O)Nc2ccccc2C)cc1)C(=O)O. The molecule has 2 N–H and O–H groups in total. The second kappa shape index (κ2) is 13.5. The van der Waals surface area contributed by atoms with Crippen molar-refractivity contribution in [3.05, 3.63) is 59.7 Å². The number of benzene rings is 2. The van der Waals surface area contributed by atoms with Gasteiger partial charge in [0, 0.05) is 25.3 Å². The number of amides is 2. The summed E-state index contributed by atoms with van der Waals surface area (Å²) in [6, 6.07) is 14.9. The third-order valence-corrected chi connectivity index (χ3v) is 5.27. The van der Waals surface area contributed by atoms with Gasteiger partial charge in [-0.15, -0.1) is 0 Å². The maximum atomic E-state index is 12.9. The quantitative estimate of drug-likeness (QED) is 0.443. The summed E-state index contributed by atoms with van der Waals surface area (Å²) < 4.78 is 11.1. The number of carbonyl (C=O) groups excluding carboxylic acids is 1. The number of carboxylic acids is 1. The van der Waals surface area contributed by atoms with Crippen molar-refractivity contribution in [2.45, 2.75) is 46.6 Å². The van der Waals surface area contributed by atoms with Crippen LogP contribution in [0.2, 0.25) is 0 Å². The Balaban J connectivity index is 1.92. The average Bonchev–Trinajstić information content (AvgIpc) is 2.78. The molecule has 0 radical (unpaired) electrons. The normalized spacial score (nSPS) is 11.8. The number of hydrogen-bond donors (Lipinski definition) is 2. The second-order valence-electron chi connectivity index (χ2n) is 8.39. The van der Waals surface area contributed by atoms with E-state index in [9.17, 15) is 14.7 Å². The summed E-state index contributed by atoms with van der Waals surface area (Å²) in [4.78, 5) is 25.9.